The van der Waals surface area contributed by atoms with Crippen molar-refractivity contribution in [2.45, 2.75) is 19.1 Å². The molecule has 24 heavy (non-hydrogen) atoms. The van der Waals surface area contributed by atoms with E-state index >= 15 is 0 Å². The lowest BCUT2D eigenvalue weighted by Gasteiger charge is -2.16. The van der Waals surface area contributed by atoms with Gasteiger partial charge in [0.05, 0.1) is 17.6 Å². The maximum Gasteiger partial charge on any atom is 0.407 e. The summed E-state index contributed by atoms with van der Waals surface area (Å²) in [6.07, 6.45) is -0.160. The van der Waals surface area contributed by atoms with Crippen LogP contribution in [0.25, 0.3) is 0 Å². The van der Waals surface area contributed by atoms with Gasteiger partial charge in [0.2, 0.25) is 0 Å². The van der Waals surface area contributed by atoms with Gasteiger partial charge in [-0.15, -0.1) is 0 Å². The van der Waals surface area contributed by atoms with Crippen LogP contribution in [0.4, 0.5) is 10.5 Å². The number of alkyl carbamates (subject to hydrolysis) is 1. The quantitative estimate of drug-likeness (QED) is 0.599. The van der Waals surface area contributed by atoms with Crippen LogP contribution in [0.3, 0.4) is 0 Å². The van der Waals surface area contributed by atoms with Crippen LogP contribution in [0.15, 0.2) is 54.6 Å². The molecule has 2 aromatic rings. The standard InChI is InChI=1S/C17H18N2O5/c20-11-15(10-13-4-2-1-3-5-13)18-17(21)24-12-14-6-8-16(9-7-14)19(22)23/h1-9,15,20H,10-12H2,(H,18,21)/t15-/m0/s1. The summed E-state index contributed by atoms with van der Waals surface area (Å²) in [5, 5.41) is 22.5. The van der Waals surface area contributed by atoms with E-state index in [1.54, 1.807) is 0 Å². The summed E-state index contributed by atoms with van der Waals surface area (Å²) in [5.41, 5.74) is 1.61. The maximum atomic E-state index is 11.8. The second-order valence-electron chi connectivity index (χ2n) is 5.21. The first-order valence-electron chi connectivity index (χ1n) is 7.40. The molecule has 0 saturated carbocycles. The number of hydrogen-bond acceptors (Lipinski definition) is 5. The molecule has 1 atom stereocenters. The van der Waals surface area contributed by atoms with Gasteiger partial charge in [-0.05, 0) is 29.7 Å². The van der Waals surface area contributed by atoms with E-state index in [1.807, 2.05) is 30.3 Å². The number of nitro benzene ring substituents is 1. The molecule has 0 aromatic heterocycles. The molecule has 126 valence electrons. The molecule has 7 nitrogen and oxygen atoms in total. The molecule has 7 heteroatoms. The van der Waals surface area contributed by atoms with Crippen molar-refractivity contribution in [3.8, 4) is 0 Å². The predicted octanol–water partition coefficient (Wildman–Crippen LogP) is 2.42. The van der Waals surface area contributed by atoms with E-state index in [1.165, 1.54) is 24.3 Å². The number of nitro groups is 1. The summed E-state index contributed by atoms with van der Waals surface area (Å²) in [6.45, 7) is -0.213. The molecule has 2 aromatic carbocycles. The lowest BCUT2D eigenvalue weighted by molar-refractivity contribution is -0.384. The topological polar surface area (TPSA) is 102 Å². The highest BCUT2D eigenvalue weighted by molar-refractivity contribution is 5.67. The van der Waals surface area contributed by atoms with Crippen LogP contribution >= 0.6 is 0 Å². The number of nitrogens with one attached hydrogen (secondary N) is 1. The SMILES string of the molecule is O=C(N[C@H](CO)Cc1ccccc1)OCc1ccc([N+](=O)[O-])cc1. The fraction of sp³-hybridized carbons (Fsp3) is 0.235. The fourth-order valence-electron chi connectivity index (χ4n) is 2.13. The Morgan fingerprint density at radius 2 is 1.79 bits per heavy atom. The van der Waals surface area contributed by atoms with Crippen LogP contribution in [0, 0.1) is 10.1 Å². The zero-order chi connectivity index (χ0) is 17.4. The number of rotatable bonds is 7. The van der Waals surface area contributed by atoms with E-state index in [2.05, 4.69) is 5.32 Å². The van der Waals surface area contributed by atoms with Crippen molar-refractivity contribution in [1.29, 1.82) is 0 Å². The molecule has 0 aliphatic rings. The van der Waals surface area contributed by atoms with E-state index in [0.29, 0.717) is 12.0 Å². The van der Waals surface area contributed by atoms with Gasteiger partial charge in [0.15, 0.2) is 0 Å². The second kappa shape index (κ2) is 8.64. The summed E-state index contributed by atoms with van der Waals surface area (Å²) in [7, 11) is 0. The molecule has 0 fully saturated rings. The van der Waals surface area contributed by atoms with Gasteiger partial charge >= 0.3 is 6.09 Å². The first-order valence-corrected chi connectivity index (χ1v) is 7.40. The van der Waals surface area contributed by atoms with Crippen molar-refractivity contribution in [2.24, 2.45) is 0 Å². The first-order chi connectivity index (χ1) is 11.6. The predicted molar refractivity (Wildman–Crippen MR) is 87.4 cm³/mol. The number of aliphatic hydroxyl groups excluding tert-OH is 1. The van der Waals surface area contributed by atoms with Gasteiger partial charge in [0, 0.05) is 12.1 Å². The van der Waals surface area contributed by atoms with Crippen LogP contribution in [0.5, 0.6) is 0 Å². The number of amides is 1. The minimum atomic E-state index is -0.650. The Morgan fingerprint density at radius 3 is 2.38 bits per heavy atom. The van der Waals surface area contributed by atoms with Gasteiger partial charge in [-0.1, -0.05) is 30.3 Å². The summed E-state index contributed by atoms with van der Waals surface area (Å²) in [6, 6.07) is 14.8. The fourth-order valence-corrected chi connectivity index (χ4v) is 2.13. The molecule has 0 unspecified atom stereocenters. The van der Waals surface area contributed by atoms with Crippen molar-refractivity contribution in [2.75, 3.05) is 6.61 Å². The lowest BCUT2D eigenvalue weighted by Crippen LogP contribution is -2.39. The molecule has 2 N–H and O–H groups in total. The molecule has 0 aliphatic carbocycles. The van der Waals surface area contributed by atoms with Crippen LogP contribution in [-0.4, -0.2) is 28.8 Å². The van der Waals surface area contributed by atoms with Crippen LogP contribution in [-0.2, 0) is 17.8 Å². The number of benzene rings is 2. The van der Waals surface area contributed by atoms with Gasteiger partial charge in [-0.3, -0.25) is 10.1 Å². The zero-order valence-corrected chi connectivity index (χ0v) is 12.9. The number of aliphatic hydroxyl groups is 1. The van der Waals surface area contributed by atoms with Crippen molar-refractivity contribution >= 4 is 11.8 Å². The highest BCUT2D eigenvalue weighted by Gasteiger charge is 2.13. The molecule has 0 heterocycles. The van der Waals surface area contributed by atoms with Crippen LogP contribution in [0.2, 0.25) is 0 Å². The highest BCUT2D eigenvalue weighted by Crippen LogP contribution is 2.12. The van der Waals surface area contributed by atoms with E-state index in [4.69, 9.17) is 4.74 Å². The number of carbonyl (C=O) groups excluding carboxylic acids is 1. The minimum absolute atomic E-state index is 0.00663. The average Bonchev–Trinajstić information content (AvgIpc) is 2.60. The Balaban J connectivity index is 1.82. The molecular formula is C17H18N2O5. The molecule has 0 radical (unpaired) electrons. The van der Waals surface area contributed by atoms with Gasteiger partial charge in [0.1, 0.15) is 6.61 Å². The molecule has 2 rings (SSSR count). The molecule has 1 amide bonds. The third kappa shape index (κ3) is 5.36. The summed E-state index contributed by atoms with van der Waals surface area (Å²) in [5.74, 6) is 0. The molecule has 0 spiro atoms. The van der Waals surface area contributed by atoms with Crippen molar-refractivity contribution in [1.82, 2.24) is 5.32 Å². The number of nitrogens with zero attached hydrogens (tertiary/aromatic N) is 1. The summed E-state index contributed by atoms with van der Waals surface area (Å²) >= 11 is 0. The van der Waals surface area contributed by atoms with Crippen LogP contribution < -0.4 is 5.32 Å². The summed E-state index contributed by atoms with van der Waals surface area (Å²) in [4.78, 5) is 21.9. The van der Waals surface area contributed by atoms with Gasteiger partial charge < -0.3 is 15.2 Å². The Hall–Kier alpha value is -2.93. The average molecular weight is 330 g/mol. The number of hydrogen-bond donors (Lipinski definition) is 2. The molecular weight excluding hydrogens is 312 g/mol. The third-order valence-electron chi connectivity index (χ3n) is 3.38. The first kappa shape index (κ1) is 17.4. The Bertz CT molecular complexity index is 673. The van der Waals surface area contributed by atoms with Crippen molar-refractivity contribution < 1.29 is 19.6 Å². The zero-order valence-electron chi connectivity index (χ0n) is 12.9. The highest BCUT2D eigenvalue weighted by atomic mass is 16.6. The second-order valence-corrected chi connectivity index (χ2v) is 5.21. The van der Waals surface area contributed by atoms with E-state index < -0.39 is 17.1 Å². The largest absolute Gasteiger partial charge is 0.445 e. The van der Waals surface area contributed by atoms with E-state index in [-0.39, 0.29) is 18.9 Å². The molecule has 0 aliphatic heterocycles. The smallest absolute Gasteiger partial charge is 0.407 e. The monoisotopic (exact) mass is 330 g/mol. The lowest BCUT2D eigenvalue weighted by atomic mass is 10.1. The third-order valence-corrected chi connectivity index (χ3v) is 3.38. The number of non-ortho nitro benzene ring substituents is 1. The summed E-state index contributed by atoms with van der Waals surface area (Å²) < 4.78 is 5.07. The van der Waals surface area contributed by atoms with E-state index in [9.17, 15) is 20.0 Å². The van der Waals surface area contributed by atoms with Gasteiger partial charge in [0.25, 0.3) is 5.69 Å². The Morgan fingerprint density at radius 1 is 1.12 bits per heavy atom. The number of ether oxygens (including phenoxy) is 1. The normalized spacial score (nSPS) is 11.5. The molecule has 0 saturated heterocycles. The molecule has 0 bridgehead atoms. The van der Waals surface area contributed by atoms with Crippen LogP contribution in [0.1, 0.15) is 11.1 Å². The van der Waals surface area contributed by atoms with Gasteiger partial charge in [-0.2, -0.15) is 0 Å². The van der Waals surface area contributed by atoms with Gasteiger partial charge in [-0.25, -0.2) is 4.79 Å². The van der Waals surface area contributed by atoms with Crippen molar-refractivity contribution in [3.05, 3.63) is 75.8 Å². The maximum absolute atomic E-state index is 11.8. The van der Waals surface area contributed by atoms with Crippen molar-refractivity contribution in [3.63, 3.8) is 0 Å². The Kier molecular flexibility index (Phi) is 6.27. The van der Waals surface area contributed by atoms with E-state index in [0.717, 1.165) is 5.56 Å². The minimum Gasteiger partial charge on any atom is -0.445 e. The Labute approximate surface area is 139 Å². The number of carbonyl (C=O) groups is 1.